The van der Waals surface area contributed by atoms with Gasteiger partial charge in [-0.15, -0.1) is 0 Å². The molecular weight excluding hydrogens is 272 g/mol. The lowest BCUT2D eigenvalue weighted by molar-refractivity contribution is 0.102. The summed E-state index contributed by atoms with van der Waals surface area (Å²) >= 11 is 0. The summed E-state index contributed by atoms with van der Waals surface area (Å²) in [6.07, 6.45) is 1.80. The summed E-state index contributed by atoms with van der Waals surface area (Å²) in [7, 11) is 0. The van der Waals surface area contributed by atoms with Crippen LogP contribution >= 0.6 is 0 Å². The number of anilines is 1. The summed E-state index contributed by atoms with van der Waals surface area (Å²) in [6, 6.07) is 5.96. The minimum atomic E-state index is -0.483. The maximum atomic E-state index is 12.1. The Balaban J connectivity index is 2.21. The fraction of sp³-hybridized carbons (Fsp3) is 0.143. The summed E-state index contributed by atoms with van der Waals surface area (Å²) < 4.78 is 0. The maximum Gasteiger partial charge on any atom is 0.276 e. The van der Waals surface area contributed by atoms with Crippen LogP contribution in [0, 0.1) is 11.8 Å². The molecule has 106 valence electrons. The predicted molar refractivity (Wildman–Crippen MR) is 75.6 cm³/mol. The van der Waals surface area contributed by atoms with E-state index < -0.39 is 5.91 Å². The van der Waals surface area contributed by atoms with Crippen molar-refractivity contribution < 1.29 is 9.90 Å². The standard InChI is InChI=1S/C14H12N4O3/c19-9-2-1-4-10-5-3-8-15-13(10)14(21)16-11-6-7-12(20)18-17-11/h3,5-8,19H,2,9H2,(H,18,20)(H,16,17,21). The summed E-state index contributed by atoms with van der Waals surface area (Å²) in [6.45, 7) is -0.0455. The Morgan fingerprint density at radius 2 is 2.24 bits per heavy atom. The third-order valence-electron chi connectivity index (χ3n) is 2.40. The van der Waals surface area contributed by atoms with Crippen molar-refractivity contribution in [3.8, 4) is 11.8 Å². The topological polar surface area (TPSA) is 108 Å². The first kappa shape index (κ1) is 14.4. The van der Waals surface area contributed by atoms with Gasteiger partial charge in [-0.25, -0.2) is 10.1 Å². The number of aliphatic hydroxyl groups excluding tert-OH is 1. The van der Waals surface area contributed by atoms with Crippen LogP contribution in [0.3, 0.4) is 0 Å². The Kier molecular flexibility index (Phi) is 4.79. The molecular formula is C14H12N4O3. The number of carbonyl (C=O) groups is 1. The van der Waals surface area contributed by atoms with Gasteiger partial charge in [-0.2, -0.15) is 5.10 Å². The summed E-state index contributed by atoms with van der Waals surface area (Å²) in [4.78, 5) is 27.0. The molecule has 0 radical (unpaired) electrons. The normalized spacial score (nSPS) is 9.57. The SMILES string of the molecule is O=C(Nc1ccc(=O)[nH]n1)c1ncccc1C#CCCO. The van der Waals surface area contributed by atoms with E-state index in [9.17, 15) is 9.59 Å². The Bertz CT molecular complexity index is 738. The first-order valence-corrected chi connectivity index (χ1v) is 6.12. The van der Waals surface area contributed by atoms with Crippen LogP contribution in [0.25, 0.3) is 0 Å². The van der Waals surface area contributed by atoms with Crippen molar-refractivity contribution >= 4 is 11.7 Å². The molecule has 0 aliphatic heterocycles. The lowest BCUT2D eigenvalue weighted by atomic mass is 10.2. The van der Waals surface area contributed by atoms with Crippen molar-refractivity contribution in [1.82, 2.24) is 15.2 Å². The van der Waals surface area contributed by atoms with E-state index in [0.29, 0.717) is 12.0 Å². The molecule has 2 aromatic heterocycles. The number of amides is 1. The van der Waals surface area contributed by atoms with Crippen molar-refractivity contribution in [3.05, 3.63) is 52.1 Å². The highest BCUT2D eigenvalue weighted by Crippen LogP contribution is 2.07. The number of aromatic amines is 1. The molecule has 1 amide bonds. The monoisotopic (exact) mass is 284 g/mol. The number of H-pyrrole nitrogens is 1. The first-order chi connectivity index (χ1) is 10.2. The largest absolute Gasteiger partial charge is 0.395 e. The van der Waals surface area contributed by atoms with Crippen molar-refractivity contribution in [1.29, 1.82) is 0 Å². The molecule has 0 spiro atoms. The summed E-state index contributed by atoms with van der Waals surface area (Å²) in [5.41, 5.74) is 0.241. The minimum absolute atomic E-state index is 0.0455. The van der Waals surface area contributed by atoms with E-state index >= 15 is 0 Å². The van der Waals surface area contributed by atoms with Crippen LogP contribution in [0.5, 0.6) is 0 Å². The van der Waals surface area contributed by atoms with Crippen molar-refractivity contribution in [2.45, 2.75) is 6.42 Å². The Morgan fingerprint density at radius 3 is 2.95 bits per heavy atom. The van der Waals surface area contributed by atoms with Gasteiger partial charge >= 0.3 is 0 Å². The zero-order valence-corrected chi connectivity index (χ0v) is 11.0. The molecule has 0 aliphatic rings. The average Bonchev–Trinajstić information content (AvgIpc) is 2.50. The summed E-state index contributed by atoms with van der Waals surface area (Å²) in [5, 5.41) is 17.1. The molecule has 0 bridgehead atoms. The van der Waals surface area contributed by atoms with E-state index in [2.05, 4.69) is 32.3 Å². The fourth-order valence-corrected chi connectivity index (χ4v) is 1.49. The number of nitrogens with one attached hydrogen (secondary N) is 2. The third-order valence-corrected chi connectivity index (χ3v) is 2.40. The zero-order valence-electron chi connectivity index (χ0n) is 11.0. The van der Waals surface area contributed by atoms with Crippen molar-refractivity contribution in [2.75, 3.05) is 11.9 Å². The second-order valence-corrected chi connectivity index (χ2v) is 3.94. The van der Waals surface area contributed by atoms with Crippen LogP contribution in [0.4, 0.5) is 5.82 Å². The number of hydrogen-bond acceptors (Lipinski definition) is 5. The van der Waals surface area contributed by atoms with Crippen LogP contribution in [0.1, 0.15) is 22.5 Å². The average molecular weight is 284 g/mol. The molecule has 0 saturated heterocycles. The molecule has 2 rings (SSSR count). The first-order valence-electron chi connectivity index (χ1n) is 6.12. The highest BCUT2D eigenvalue weighted by molar-refractivity contribution is 6.03. The molecule has 21 heavy (non-hydrogen) atoms. The van der Waals surface area contributed by atoms with Crippen LogP contribution in [-0.2, 0) is 0 Å². The Hall–Kier alpha value is -2.98. The van der Waals surface area contributed by atoms with Gasteiger partial charge in [-0.05, 0) is 18.2 Å². The smallest absolute Gasteiger partial charge is 0.276 e. The third kappa shape index (κ3) is 3.99. The van der Waals surface area contributed by atoms with Crippen LogP contribution in [0.2, 0.25) is 0 Å². The van der Waals surface area contributed by atoms with E-state index in [0.717, 1.165) is 0 Å². The van der Waals surface area contributed by atoms with Crippen LogP contribution in [-0.4, -0.2) is 32.8 Å². The number of pyridine rings is 1. The lowest BCUT2D eigenvalue weighted by Crippen LogP contribution is -2.18. The molecule has 2 aromatic rings. The molecule has 2 heterocycles. The van der Waals surface area contributed by atoms with Crippen LogP contribution < -0.4 is 10.9 Å². The van der Waals surface area contributed by atoms with E-state index in [1.165, 1.54) is 18.3 Å². The minimum Gasteiger partial charge on any atom is -0.395 e. The van der Waals surface area contributed by atoms with Gasteiger partial charge in [0.05, 0.1) is 12.2 Å². The highest BCUT2D eigenvalue weighted by Gasteiger charge is 2.12. The van der Waals surface area contributed by atoms with Gasteiger partial charge in [-0.1, -0.05) is 11.8 Å². The molecule has 0 aromatic carbocycles. The zero-order chi connectivity index (χ0) is 15.1. The van der Waals surface area contributed by atoms with Crippen LogP contribution in [0.15, 0.2) is 35.3 Å². The molecule has 0 fully saturated rings. The fourth-order valence-electron chi connectivity index (χ4n) is 1.49. The van der Waals surface area contributed by atoms with E-state index in [4.69, 9.17) is 5.11 Å². The van der Waals surface area contributed by atoms with Gasteiger partial charge < -0.3 is 10.4 Å². The molecule has 0 atom stereocenters. The Morgan fingerprint density at radius 1 is 1.38 bits per heavy atom. The maximum absolute atomic E-state index is 12.1. The Labute approximate surface area is 120 Å². The van der Waals surface area contributed by atoms with Gasteiger partial charge in [0.25, 0.3) is 11.5 Å². The second kappa shape index (κ2) is 6.98. The molecule has 0 aliphatic carbocycles. The van der Waals surface area contributed by atoms with Gasteiger partial charge in [0, 0.05) is 18.7 Å². The lowest BCUT2D eigenvalue weighted by Gasteiger charge is -2.04. The molecule has 7 heteroatoms. The molecule has 0 saturated carbocycles. The van der Waals surface area contributed by atoms with Gasteiger partial charge in [0.2, 0.25) is 0 Å². The summed E-state index contributed by atoms with van der Waals surface area (Å²) in [5.74, 6) is 5.24. The quantitative estimate of drug-likeness (QED) is 0.695. The van der Waals surface area contributed by atoms with E-state index in [1.807, 2.05) is 0 Å². The number of carbonyl (C=O) groups excluding carboxylic acids is 1. The van der Waals surface area contributed by atoms with Crippen molar-refractivity contribution in [3.63, 3.8) is 0 Å². The van der Waals surface area contributed by atoms with E-state index in [-0.39, 0.29) is 23.7 Å². The predicted octanol–water partition coefficient (Wildman–Crippen LogP) is 0.151. The van der Waals surface area contributed by atoms with Gasteiger partial charge in [-0.3, -0.25) is 9.59 Å². The van der Waals surface area contributed by atoms with E-state index in [1.54, 1.807) is 12.1 Å². The van der Waals surface area contributed by atoms with Crippen molar-refractivity contribution in [2.24, 2.45) is 0 Å². The number of aliphatic hydroxyl groups is 1. The number of aromatic nitrogens is 3. The number of rotatable bonds is 3. The highest BCUT2D eigenvalue weighted by atomic mass is 16.2. The van der Waals surface area contributed by atoms with Gasteiger partial charge in [0.15, 0.2) is 5.82 Å². The number of nitrogens with zero attached hydrogens (tertiary/aromatic N) is 2. The molecule has 3 N–H and O–H groups in total. The molecule has 7 nitrogen and oxygen atoms in total. The van der Waals surface area contributed by atoms with Gasteiger partial charge in [0.1, 0.15) is 5.69 Å². The molecule has 0 unspecified atom stereocenters. The number of hydrogen-bond donors (Lipinski definition) is 3. The second-order valence-electron chi connectivity index (χ2n) is 3.94.